The Morgan fingerprint density at radius 3 is 2.86 bits per heavy atom. The summed E-state index contributed by atoms with van der Waals surface area (Å²) in [5, 5.41) is 10.7. The number of aromatic nitrogens is 1. The number of carbonyl (C=O) groups is 1. The van der Waals surface area contributed by atoms with Gasteiger partial charge in [-0.15, -0.1) is 0 Å². The van der Waals surface area contributed by atoms with E-state index in [2.05, 4.69) is 41.1 Å². The molecule has 2 aromatic carbocycles. The van der Waals surface area contributed by atoms with Crippen molar-refractivity contribution in [3.05, 3.63) is 71.4 Å². The van der Waals surface area contributed by atoms with Crippen LogP contribution >= 0.6 is 0 Å². The van der Waals surface area contributed by atoms with Crippen LogP contribution in [0.1, 0.15) is 48.5 Å². The molecule has 1 aliphatic rings. The third-order valence-corrected chi connectivity index (χ3v) is 7.45. The highest BCUT2D eigenvalue weighted by Gasteiger charge is 2.34. The molecule has 5 nitrogen and oxygen atoms in total. The maximum Gasteiger partial charge on any atom is 0.308 e. The first-order valence-electron chi connectivity index (χ1n) is 12.5. The molecular formula is C29H35FN2O3. The normalized spacial score (nSPS) is 19.5. The second kappa shape index (κ2) is 11.6. The summed E-state index contributed by atoms with van der Waals surface area (Å²) in [6.07, 6.45) is 4.12. The molecule has 1 N–H and O–H groups in total. The molecule has 2 heterocycles. The van der Waals surface area contributed by atoms with Crippen molar-refractivity contribution in [1.29, 1.82) is 0 Å². The number of hydrogen-bond acceptors (Lipinski definition) is 4. The lowest BCUT2D eigenvalue weighted by Gasteiger charge is -2.37. The van der Waals surface area contributed by atoms with Crippen LogP contribution < -0.4 is 4.74 Å². The van der Waals surface area contributed by atoms with E-state index >= 15 is 4.39 Å². The van der Waals surface area contributed by atoms with Gasteiger partial charge in [0.05, 0.1) is 18.5 Å². The van der Waals surface area contributed by atoms with Gasteiger partial charge in [-0.25, -0.2) is 4.39 Å². The standard InChI is InChI=1S/C29H35FN2O3/c1-20-6-3-4-7-21(20)8-5-16-32-17-14-22(26(19-32)29(33)34)9-11-27(30)24-13-15-31-28-12-10-23(35-2)18-25(24)28/h3-4,6-7,10,12-13,15,18,22,26-27H,5,8-9,11,14,16-17,19H2,1-2H3,(H,33,34)/t22-,26+,27-/m1/s1. The number of methoxy groups -OCH3 is 1. The molecule has 4 rings (SSSR count). The van der Waals surface area contributed by atoms with Crippen LogP contribution in [0.2, 0.25) is 0 Å². The molecule has 1 aliphatic heterocycles. The highest BCUT2D eigenvalue weighted by Crippen LogP contribution is 2.35. The second-order valence-electron chi connectivity index (χ2n) is 9.65. The number of hydrogen-bond donors (Lipinski definition) is 1. The van der Waals surface area contributed by atoms with E-state index in [1.807, 2.05) is 18.2 Å². The predicted octanol–water partition coefficient (Wildman–Crippen LogP) is 6.00. The molecule has 1 fully saturated rings. The number of aliphatic carboxylic acids is 1. The lowest BCUT2D eigenvalue weighted by Crippen LogP contribution is -2.44. The van der Waals surface area contributed by atoms with Crippen molar-refractivity contribution in [3.8, 4) is 5.75 Å². The van der Waals surface area contributed by atoms with Gasteiger partial charge in [0.2, 0.25) is 0 Å². The summed E-state index contributed by atoms with van der Waals surface area (Å²) in [6.45, 7) is 4.43. The van der Waals surface area contributed by atoms with Crippen molar-refractivity contribution in [2.45, 2.75) is 45.2 Å². The summed E-state index contributed by atoms with van der Waals surface area (Å²) in [5.41, 5.74) is 3.98. The predicted molar refractivity (Wildman–Crippen MR) is 137 cm³/mol. The van der Waals surface area contributed by atoms with Gasteiger partial charge in [-0.2, -0.15) is 0 Å². The third kappa shape index (κ3) is 6.17. The van der Waals surface area contributed by atoms with E-state index < -0.39 is 18.1 Å². The van der Waals surface area contributed by atoms with E-state index in [0.717, 1.165) is 43.3 Å². The smallest absolute Gasteiger partial charge is 0.308 e. The molecule has 0 saturated carbocycles. The molecule has 3 atom stereocenters. The van der Waals surface area contributed by atoms with Gasteiger partial charge in [0, 0.05) is 18.1 Å². The number of rotatable bonds is 10. The van der Waals surface area contributed by atoms with E-state index in [1.165, 1.54) is 11.1 Å². The number of alkyl halides is 1. The number of piperidine rings is 1. The van der Waals surface area contributed by atoms with Gasteiger partial charge in [-0.05, 0) is 99.0 Å². The van der Waals surface area contributed by atoms with Crippen molar-refractivity contribution in [3.63, 3.8) is 0 Å². The van der Waals surface area contributed by atoms with Gasteiger partial charge in [0.1, 0.15) is 11.9 Å². The summed E-state index contributed by atoms with van der Waals surface area (Å²) in [6, 6.07) is 15.6. The minimum atomic E-state index is -1.17. The molecule has 3 aromatic rings. The van der Waals surface area contributed by atoms with Crippen LogP contribution in [0.4, 0.5) is 4.39 Å². The zero-order chi connectivity index (χ0) is 24.8. The van der Waals surface area contributed by atoms with E-state index in [4.69, 9.17) is 4.74 Å². The van der Waals surface area contributed by atoms with Gasteiger partial charge < -0.3 is 14.7 Å². The Morgan fingerprint density at radius 1 is 1.26 bits per heavy atom. The van der Waals surface area contributed by atoms with Gasteiger partial charge >= 0.3 is 5.97 Å². The van der Waals surface area contributed by atoms with E-state index in [-0.39, 0.29) is 5.92 Å². The monoisotopic (exact) mass is 478 g/mol. The molecule has 35 heavy (non-hydrogen) atoms. The van der Waals surface area contributed by atoms with Gasteiger partial charge in [0.25, 0.3) is 0 Å². The van der Waals surface area contributed by atoms with Crippen LogP contribution in [0.5, 0.6) is 5.75 Å². The summed E-state index contributed by atoms with van der Waals surface area (Å²) in [5.74, 6) is -0.572. The fourth-order valence-corrected chi connectivity index (χ4v) is 5.34. The number of benzene rings is 2. The van der Waals surface area contributed by atoms with Gasteiger partial charge in [0.15, 0.2) is 0 Å². The number of aryl methyl sites for hydroxylation is 2. The number of fused-ring (bicyclic) bond motifs is 1. The quantitative estimate of drug-likeness (QED) is 0.387. The molecule has 0 amide bonds. The second-order valence-corrected chi connectivity index (χ2v) is 9.65. The Kier molecular flexibility index (Phi) is 8.34. The molecule has 0 bridgehead atoms. The van der Waals surface area contributed by atoms with Crippen molar-refractivity contribution in [2.75, 3.05) is 26.7 Å². The molecule has 0 radical (unpaired) electrons. The van der Waals surface area contributed by atoms with Crippen molar-refractivity contribution in [2.24, 2.45) is 11.8 Å². The number of carboxylic acids is 1. The van der Waals surface area contributed by atoms with Crippen LogP contribution in [-0.4, -0.2) is 47.7 Å². The van der Waals surface area contributed by atoms with E-state index in [1.54, 1.807) is 19.4 Å². The zero-order valence-electron chi connectivity index (χ0n) is 20.6. The number of nitrogens with zero attached hydrogens (tertiary/aromatic N) is 2. The third-order valence-electron chi connectivity index (χ3n) is 7.45. The molecule has 0 aliphatic carbocycles. The fraction of sp³-hybridized carbons (Fsp3) is 0.448. The topological polar surface area (TPSA) is 62.7 Å². The number of carboxylic acid groups (broad SMARTS) is 1. The van der Waals surface area contributed by atoms with Crippen molar-refractivity contribution >= 4 is 16.9 Å². The molecule has 1 aromatic heterocycles. The minimum absolute atomic E-state index is 0.0130. The highest BCUT2D eigenvalue weighted by atomic mass is 19.1. The zero-order valence-corrected chi connectivity index (χ0v) is 20.6. The molecule has 186 valence electrons. The summed E-state index contributed by atoms with van der Waals surface area (Å²) >= 11 is 0. The first kappa shape index (κ1) is 25.1. The van der Waals surface area contributed by atoms with Crippen LogP contribution in [0.3, 0.4) is 0 Å². The lowest BCUT2D eigenvalue weighted by atomic mass is 9.81. The minimum Gasteiger partial charge on any atom is -0.497 e. The fourth-order valence-electron chi connectivity index (χ4n) is 5.34. The SMILES string of the molecule is COc1ccc2nccc([C@H](F)CC[C@@H]3CCN(CCCc4ccccc4C)C[C@@H]3C(=O)O)c2c1. The van der Waals surface area contributed by atoms with Crippen LogP contribution in [-0.2, 0) is 11.2 Å². The Hall–Kier alpha value is -2.99. The number of likely N-dealkylation sites (tertiary alicyclic amines) is 1. The molecule has 1 saturated heterocycles. The van der Waals surface area contributed by atoms with Gasteiger partial charge in [-0.3, -0.25) is 9.78 Å². The van der Waals surface area contributed by atoms with E-state index in [9.17, 15) is 9.90 Å². The first-order valence-corrected chi connectivity index (χ1v) is 12.5. The Bertz CT molecular complexity index is 1150. The first-order chi connectivity index (χ1) is 17.0. The summed E-state index contributed by atoms with van der Waals surface area (Å²) in [4.78, 5) is 18.7. The molecule has 0 unspecified atom stereocenters. The Balaban J connectivity index is 1.34. The number of ether oxygens (including phenoxy) is 1. The van der Waals surface area contributed by atoms with Crippen LogP contribution in [0.25, 0.3) is 10.9 Å². The molecular weight excluding hydrogens is 443 g/mol. The van der Waals surface area contributed by atoms with Crippen molar-refractivity contribution < 1.29 is 19.0 Å². The number of pyridine rings is 1. The lowest BCUT2D eigenvalue weighted by molar-refractivity contribution is -0.146. The average Bonchev–Trinajstić information content (AvgIpc) is 2.88. The molecule has 0 spiro atoms. The molecule has 6 heteroatoms. The maximum absolute atomic E-state index is 15.4. The Morgan fingerprint density at radius 2 is 2.09 bits per heavy atom. The van der Waals surface area contributed by atoms with Crippen LogP contribution in [0, 0.1) is 18.8 Å². The van der Waals surface area contributed by atoms with Crippen LogP contribution in [0.15, 0.2) is 54.7 Å². The largest absolute Gasteiger partial charge is 0.497 e. The van der Waals surface area contributed by atoms with Gasteiger partial charge in [-0.1, -0.05) is 24.3 Å². The average molecular weight is 479 g/mol. The maximum atomic E-state index is 15.4. The van der Waals surface area contributed by atoms with E-state index in [0.29, 0.717) is 30.7 Å². The Labute approximate surface area is 206 Å². The highest BCUT2D eigenvalue weighted by molar-refractivity contribution is 5.83. The van der Waals surface area contributed by atoms with Crippen molar-refractivity contribution in [1.82, 2.24) is 9.88 Å². The summed E-state index contributed by atoms with van der Waals surface area (Å²) < 4.78 is 20.7. The summed E-state index contributed by atoms with van der Waals surface area (Å²) in [7, 11) is 1.59. The number of halogens is 1.